The van der Waals surface area contributed by atoms with E-state index in [0.29, 0.717) is 21.1 Å². The predicted octanol–water partition coefficient (Wildman–Crippen LogP) is 6.92. The minimum Gasteiger partial charge on any atom is -0.497 e. The van der Waals surface area contributed by atoms with Gasteiger partial charge in [-0.25, -0.2) is 9.37 Å². The molecule has 5 nitrogen and oxygen atoms in total. The van der Waals surface area contributed by atoms with Crippen molar-refractivity contribution in [2.45, 2.75) is 6.92 Å². The second-order valence-electron chi connectivity index (χ2n) is 8.14. The molecule has 0 aliphatic heterocycles. The van der Waals surface area contributed by atoms with Crippen molar-refractivity contribution in [3.8, 4) is 28.1 Å². The van der Waals surface area contributed by atoms with Gasteiger partial charge in [-0.2, -0.15) is 0 Å². The van der Waals surface area contributed by atoms with Crippen LogP contribution in [0.15, 0.2) is 78.9 Å². The van der Waals surface area contributed by atoms with Gasteiger partial charge in [0.2, 0.25) is 0 Å². The molecule has 0 unspecified atom stereocenters. The van der Waals surface area contributed by atoms with Crippen LogP contribution in [0, 0.1) is 12.7 Å². The number of hydrogen-bond donors (Lipinski definition) is 2. The maximum absolute atomic E-state index is 13.3. The number of carbonyl (C=O) groups excluding carboxylic acids is 1. The maximum Gasteiger partial charge on any atom is 0.267 e. The number of fused-ring (bicyclic) bond motifs is 1. The first-order chi connectivity index (χ1) is 16.9. The number of benzene rings is 3. The molecule has 1 amide bonds. The van der Waals surface area contributed by atoms with E-state index in [4.69, 9.17) is 15.5 Å². The Morgan fingerprint density at radius 1 is 0.971 bits per heavy atom. The number of carbonyl (C=O) groups is 1. The largest absolute Gasteiger partial charge is 0.497 e. The summed E-state index contributed by atoms with van der Waals surface area (Å²) in [5.74, 6) is 0.00600. The Labute approximate surface area is 206 Å². The van der Waals surface area contributed by atoms with Crippen molar-refractivity contribution >= 4 is 38.8 Å². The molecule has 2 aromatic heterocycles. The molecule has 0 aliphatic rings. The summed E-state index contributed by atoms with van der Waals surface area (Å²) >= 11 is 1.24. The van der Waals surface area contributed by atoms with Crippen LogP contribution in [0.4, 0.5) is 15.8 Å². The molecule has 35 heavy (non-hydrogen) atoms. The van der Waals surface area contributed by atoms with Gasteiger partial charge in [-0.15, -0.1) is 11.3 Å². The molecule has 0 saturated carbocycles. The van der Waals surface area contributed by atoms with Crippen LogP contribution in [-0.4, -0.2) is 18.0 Å². The molecule has 0 atom stereocenters. The van der Waals surface area contributed by atoms with Gasteiger partial charge in [0.05, 0.1) is 18.5 Å². The summed E-state index contributed by atoms with van der Waals surface area (Å²) in [4.78, 5) is 19.0. The molecule has 174 valence electrons. The number of nitrogens with zero attached hydrogens (tertiary/aromatic N) is 1. The van der Waals surface area contributed by atoms with E-state index >= 15 is 0 Å². The van der Waals surface area contributed by atoms with Crippen molar-refractivity contribution in [2.75, 3.05) is 18.2 Å². The molecule has 3 aromatic carbocycles. The number of pyridine rings is 1. The summed E-state index contributed by atoms with van der Waals surface area (Å²) in [5.41, 5.74) is 12.1. The molecule has 0 fully saturated rings. The lowest BCUT2D eigenvalue weighted by Crippen LogP contribution is -2.11. The smallest absolute Gasteiger partial charge is 0.267 e. The number of nitrogens with two attached hydrogens (primary N) is 1. The van der Waals surface area contributed by atoms with Crippen molar-refractivity contribution in [1.29, 1.82) is 0 Å². The Hall–Kier alpha value is -4.23. The first-order valence-corrected chi connectivity index (χ1v) is 11.8. The zero-order valence-corrected chi connectivity index (χ0v) is 19.9. The molecule has 0 radical (unpaired) electrons. The monoisotopic (exact) mass is 483 g/mol. The van der Waals surface area contributed by atoms with Gasteiger partial charge in [0.25, 0.3) is 5.91 Å². The van der Waals surface area contributed by atoms with Crippen molar-refractivity contribution in [3.63, 3.8) is 0 Å². The van der Waals surface area contributed by atoms with Crippen molar-refractivity contribution in [2.24, 2.45) is 0 Å². The number of nitrogen functional groups attached to an aromatic ring is 1. The van der Waals surface area contributed by atoms with E-state index in [1.54, 1.807) is 7.11 Å². The lowest BCUT2D eigenvalue weighted by atomic mass is 9.99. The number of amides is 1. The Bertz CT molecular complexity index is 1530. The fraction of sp³-hybridized carbons (Fsp3) is 0.0714. The van der Waals surface area contributed by atoms with E-state index < -0.39 is 0 Å². The zero-order valence-electron chi connectivity index (χ0n) is 19.1. The molecule has 5 aromatic rings. The fourth-order valence-electron chi connectivity index (χ4n) is 3.88. The van der Waals surface area contributed by atoms with Crippen LogP contribution >= 0.6 is 11.3 Å². The van der Waals surface area contributed by atoms with E-state index in [2.05, 4.69) is 5.32 Å². The highest BCUT2D eigenvalue weighted by molar-refractivity contribution is 7.21. The van der Waals surface area contributed by atoms with Crippen LogP contribution in [0.2, 0.25) is 0 Å². The summed E-state index contributed by atoms with van der Waals surface area (Å²) < 4.78 is 18.6. The van der Waals surface area contributed by atoms with Gasteiger partial charge >= 0.3 is 0 Å². The van der Waals surface area contributed by atoms with E-state index in [9.17, 15) is 9.18 Å². The Kier molecular flexibility index (Phi) is 5.93. The van der Waals surface area contributed by atoms with Gasteiger partial charge in [0, 0.05) is 16.6 Å². The molecule has 0 saturated heterocycles. The third-order valence-electron chi connectivity index (χ3n) is 5.76. The molecular formula is C28H22FN3O2S. The van der Waals surface area contributed by atoms with Gasteiger partial charge < -0.3 is 15.8 Å². The highest BCUT2D eigenvalue weighted by Crippen LogP contribution is 2.42. The Morgan fingerprint density at radius 2 is 1.63 bits per heavy atom. The first kappa shape index (κ1) is 22.6. The normalized spacial score (nSPS) is 10.9. The van der Waals surface area contributed by atoms with Crippen LogP contribution in [0.1, 0.15) is 15.2 Å². The number of ether oxygens (including phenoxy) is 1. The van der Waals surface area contributed by atoms with Gasteiger partial charge in [-0.05, 0) is 60.5 Å². The molecule has 7 heteroatoms. The summed E-state index contributed by atoms with van der Waals surface area (Å²) in [5, 5.41) is 3.52. The van der Waals surface area contributed by atoms with Gasteiger partial charge in [0.15, 0.2) is 0 Å². The number of anilines is 2. The number of aromatic nitrogens is 1. The van der Waals surface area contributed by atoms with Gasteiger partial charge in [0.1, 0.15) is 21.3 Å². The molecule has 0 bridgehead atoms. The molecular weight excluding hydrogens is 461 g/mol. The first-order valence-electron chi connectivity index (χ1n) is 10.9. The van der Waals surface area contributed by atoms with Crippen molar-refractivity contribution in [1.82, 2.24) is 4.98 Å². The van der Waals surface area contributed by atoms with Crippen LogP contribution in [0.3, 0.4) is 0 Å². The number of nitrogens with one attached hydrogen (secondary N) is 1. The lowest BCUT2D eigenvalue weighted by molar-refractivity contribution is 0.103. The zero-order chi connectivity index (χ0) is 24.5. The van der Waals surface area contributed by atoms with Crippen molar-refractivity contribution in [3.05, 3.63) is 95.1 Å². The number of aryl methyl sites for hydroxylation is 1. The topological polar surface area (TPSA) is 77.2 Å². The molecule has 3 N–H and O–H groups in total. The van der Waals surface area contributed by atoms with Gasteiger partial charge in [-0.1, -0.05) is 42.0 Å². The summed E-state index contributed by atoms with van der Waals surface area (Å²) in [6, 6.07) is 23.4. The minimum absolute atomic E-state index is 0.354. The summed E-state index contributed by atoms with van der Waals surface area (Å²) in [6.07, 6.45) is 0. The highest BCUT2D eigenvalue weighted by atomic mass is 32.1. The third kappa shape index (κ3) is 4.46. The summed E-state index contributed by atoms with van der Waals surface area (Å²) in [7, 11) is 1.62. The lowest BCUT2D eigenvalue weighted by Gasteiger charge is -2.10. The maximum atomic E-state index is 13.3. The fourth-order valence-corrected chi connectivity index (χ4v) is 4.90. The third-order valence-corrected chi connectivity index (χ3v) is 6.85. The van der Waals surface area contributed by atoms with E-state index in [1.807, 2.05) is 61.5 Å². The van der Waals surface area contributed by atoms with E-state index in [1.165, 1.54) is 35.6 Å². The molecule has 2 heterocycles. The number of halogens is 1. The van der Waals surface area contributed by atoms with Crippen LogP contribution < -0.4 is 15.8 Å². The van der Waals surface area contributed by atoms with Crippen molar-refractivity contribution < 1.29 is 13.9 Å². The quantitative estimate of drug-likeness (QED) is 0.284. The standard InChI is InChI=1S/C28H22FN3O2S/c1-16-3-5-18(6-4-16)23-15-22(17-7-13-21(34-2)14-8-17)24-25(30)26(35-28(24)32-23)27(33)31-20-11-9-19(29)10-12-20/h3-15H,30H2,1-2H3,(H,31,33). The highest BCUT2D eigenvalue weighted by Gasteiger charge is 2.22. The van der Waals surface area contributed by atoms with Crippen LogP contribution in [0.25, 0.3) is 32.6 Å². The average molecular weight is 484 g/mol. The van der Waals surface area contributed by atoms with Gasteiger partial charge in [-0.3, -0.25) is 4.79 Å². The Balaban J connectivity index is 1.65. The minimum atomic E-state index is -0.374. The second kappa shape index (κ2) is 9.19. The molecule has 5 rings (SSSR count). The number of hydrogen-bond acceptors (Lipinski definition) is 5. The SMILES string of the molecule is COc1ccc(-c2cc(-c3ccc(C)cc3)nc3sc(C(=O)Nc4ccc(F)cc4)c(N)c23)cc1. The number of methoxy groups -OCH3 is 1. The van der Waals surface area contributed by atoms with Crippen LogP contribution in [0.5, 0.6) is 5.75 Å². The van der Waals surface area contributed by atoms with E-state index in [-0.39, 0.29) is 11.7 Å². The number of thiophene rings is 1. The Morgan fingerprint density at radius 3 is 2.29 bits per heavy atom. The molecule has 0 aliphatic carbocycles. The molecule has 0 spiro atoms. The van der Waals surface area contributed by atoms with Crippen LogP contribution in [-0.2, 0) is 0 Å². The average Bonchev–Trinajstić information content (AvgIpc) is 3.22. The predicted molar refractivity (Wildman–Crippen MR) is 141 cm³/mol. The van der Waals surface area contributed by atoms with E-state index in [0.717, 1.165) is 39.1 Å². The summed E-state index contributed by atoms with van der Waals surface area (Å²) in [6.45, 7) is 2.04. The second-order valence-corrected chi connectivity index (χ2v) is 9.13. The number of rotatable bonds is 5.